The first-order valence-electron chi connectivity index (χ1n) is 9.14. The molecule has 1 atom stereocenters. The zero-order valence-electron chi connectivity index (χ0n) is 16.8. The number of carbonyl (C=O) groups is 2. The Kier molecular flexibility index (Phi) is 7.13. The van der Waals surface area contributed by atoms with Crippen molar-refractivity contribution in [2.24, 2.45) is 0 Å². The second-order valence-electron chi connectivity index (χ2n) is 7.08. The van der Waals surface area contributed by atoms with Gasteiger partial charge in [-0.1, -0.05) is 48.5 Å². The molecule has 5 heteroatoms. The third-order valence-electron chi connectivity index (χ3n) is 4.82. The summed E-state index contributed by atoms with van der Waals surface area (Å²) in [7, 11) is 3.58. The SMILES string of the molecule is Cc1cccc(C)c1NC(=O)CN(C)CC(=O)N(C)[C@@H](C)c1ccccc1. The van der Waals surface area contributed by atoms with E-state index in [9.17, 15) is 9.59 Å². The van der Waals surface area contributed by atoms with Crippen LogP contribution < -0.4 is 5.32 Å². The van der Waals surface area contributed by atoms with Crippen LogP contribution in [0.1, 0.15) is 29.7 Å². The van der Waals surface area contributed by atoms with Crippen LogP contribution in [-0.4, -0.2) is 48.8 Å². The van der Waals surface area contributed by atoms with Crippen molar-refractivity contribution >= 4 is 17.5 Å². The summed E-state index contributed by atoms with van der Waals surface area (Å²) in [5.74, 6) is -0.143. The van der Waals surface area contributed by atoms with E-state index in [1.54, 1.807) is 23.9 Å². The van der Waals surface area contributed by atoms with Crippen molar-refractivity contribution in [3.05, 3.63) is 65.2 Å². The van der Waals surface area contributed by atoms with Crippen LogP contribution in [0.3, 0.4) is 0 Å². The highest BCUT2D eigenvalue weighted by atomic mass is 16.2. The summed E-state index contributed by atoms with van der Waals surface area (Å²) in [6.07, 6.45) is 0. The minimum Gasteiger partial charge on any atom is -0.338 e. The van der Waals surface area contributed by atoms with E-state index >= 15 is 0 Å². The maximum Gasteiger partial charge on any atom is 0.238 e. The maximum atomic E-state index is 12.6. The summed E-state index contributed by atoms with van der Waals surface area (Å²) in [6, 6.07) is 15.8. The smallest absolute Gasteiger partial charge is 0.238 e. The summed E-state index contributed by atoms with van der Waals surface area (Å²) in [4.78, 5) is 28.4. The van der Waals surface area contributed by atoms with E-state index in [1.165, 1.54) is 0 Å². The molecule has 0 bridgehead atoms. The molecule has 27 heavy (non-hydrogen) atoms. The Morgan fingerprint density at radius 1 is 0.926 bits per heavy atom. The third kappa shape index (κ3) is 5.66. The average Bonchev–Trinajstić information content (AvgIpc) is 2.64. The Morgan fingerprint density at radius 3 is 2.11 bits per heavy atom. The lowest BCUT2D eigenvalue weighted by Gasteiger charge is -2.27. The lowest BCUT2D eigenvalue weighted by atomic mass is 10.1. The predicted octanol–water partition coefficient (Wildman–Crippen LogP) is 3.39. The first-order valence-corrected chi connectivity index (χ1v) is 9.14. The van der Waals surface area contributed by atoms with Gasteiger partial charge in [-0.3, -0.25) is 14.5 Å². The Morgan fingerprint density at radius 2 is 1.52 bits per heavy atom. The number of anilines is 1. The molecule has 0 saturated carbocycles. The third-order valence-corrected chi connectivity index (χ3v) is 4.82. The van der Waals surface area contributed by atoms with E-state index in [1.807, 2.05) is 69.3 Å². The minimum absolute atomic E-state index is 0.0180. The van der Waals surface area contributed by atoms with E-state index in [0.717, 1.165) is 22.4 Å². The number of nitrogens with one attached hydrogen (secondary N) is 1. The highest BCUT2D eigenvalue weighted by Gasteiger charge is 2.19. The molecule has 0 aromatic heterocycles. The molecule has 5 nitrogen and oxygen atoms in total. The largest absolute Gasteiger partial charge is 0.338 e. The molecule has 0 saturated heterocycles. The van der Waals surface area contributed by atoms with Gasteiger partial charge in [0, 0.05) is 12.7 Å². The zero-order valence-corrected chi connectivity index (χ0v) is 16.8. The van der Waals surface area contributed by atoms with E-state index < -0.39 is 0 Å². The van der Waals surface area contributed by atoms with Crippen LogP contribution in [0.5, 0.6) is 0 Å². The molecule has 0 unspecified atom stereocenters. The van der Waals surface area contributed by atoms with Gasteiger partial charge < -0.3 is 10.2 Å². The first-order chi connectivity index (χ1) is 12.8. The molecule has 2 amide bonds. The summed E-state index contributed by atoms with van der Waals surface area (Å²) in [5.41, 5.74) is 3.98. The number of rotatable bonds is 7. The highest BCUT2D eigenvalue weighted by molar-refractivity contribution is 5.94. The number of aryl methyl sites for hydroxylation is 2. The number of nitrogens with zero attached hydrogens (tertiary/aromatic N) is 2. The van der Waals surface area contributed by atoms with Gasteiger partial charge in [-0.25, -0.2) is 0 Å². The fourth-order valence-corrected chi connectivity index (χ4v) is 3.01. The fourth-order valence-electron chi connectivity index (χ4n) is 3.01. The summed E-state index contributed by atoms with van der Waals surface area (Å²) >= 11 is 0. The van der Waals surface area contributed by atoms with Crippen LogP contribution in [-0.2, 0) is 9.59 Å². The number of hydrogen-bond donors (Lipinski definition) is 1. The minimum atomic E-state index is -0.124. The van der Waals surface area contributed by atoms with Gasteiger partial charge in [-0.05, 0) is 44.5 Å². The van der Waals surface area contributed by atoms with Crippen molar-refractivity contribution in [1.82, 2.24) is 9.80 Å². The maximum absolute atomic E-state index is 12.6. The Balaban J connectivity index is 1.89. The van der Waals surface area contributed by atoms with Gasteiger partial charge in [-0.2, -0.15) is 0 Å². The van der Waals surface area contributed by atoms with Crippen LogP contribution in [0.2, 0.25) is 0 Å². The van der Waals surface area contributed by atoms with Gasteiger partial charge >= 0.3 is 0 Å². The van der Waals surface area contributed by atoms with Gasteiger partial charge in [0.25, 0.3) is 0 Å². The van der Waals surface area contributed by atoms with Gasteiger partial charge in [0.05, 0.1) is 19.1 Å². The molecular weight excluding hydrogens is 338 g/mol. The van der Waals surface area contributed by atoms with Gasteiger partial charge in [0.1, 0.15) is 0 Å². The fraction of sp³-hybridized carbons (Fsp3) is 0.364. The van der Waals surface area contributed by atoms with Crippen LogP contribution >= 0.6 is 0 Å². The molecule has 0 aliphatic heterocycles. The average molecular weight is 367 g/mol. The van der Waals surface area contributed by atoms with Crippen LogP contribution in [0.15, 0.2) is 48.5 Å². The Hall–Kier alpha value is -2.66. The van der Waals surface area contributed by atoms with Gasteiger partial charge in [-0.15, -0.1) is 0 Å². The first kappa shape index (κ1) is 20.6. The summed E-state index contributed by atoms with van der Waals surface area (Å²) in [6.45, 7) is 6.29. The second-order valence-corrected chi connectivity index (χ2v) is 7.08. The molecule has 0 heterocycles. The van der Waals surface area contributed by atoms with Crippen molar-refractivity contribution in [3.8, 4) is 0 Å². The van der Waals surface area contributed by atoms with Crippen LogP contribution in [0.4, 0.5) is 5.69 Å². The molecule has 2 aromatic carbocycles. The number of amides is 2. The molecule has 2 rings (SSSR count). The number of benzene rings is 2. The molecule has 2 aromatic rings. The molecule has 0 aliphatic rings. The van der Waals surface area contributed by atoms with Crippen LogP contribution in [0, 0.1) is 13.8 Å². The monoisotopic (exact) mass is 367 g/mol. The lowest BCUT2D eigenvalue weighted by Crippen LogP contribution is -2.40. The molecular formula is C22H29N3O2. The van der Waals surface area contributed by atoms with E-state index in [0.29, 0.717) is 0 Å². The Labute approximate surface area is 162 Å². The molecule has 0 fully saturated rings. The van der Waals surface area contributed by atoms with Crippen molar-refractivity contribution in [2.45, 2.75) is 26.8 Å². The van der Waals surface area contributed by atoms with E-state index in [4.69, 9.17) is 0 Å². The normalized spacial score (nSPS) is 11.9. The topological polar surface area (TPSA) is 52.7 Å². The number of para-hydroxylation sites is 1. The Bertz CT molecular complexity index is 769. The van der Waals surface area contributed by atoms with Gasteiger partial charge in [0.15, 0.2) is 0 Å². The molecule has 0 radical (unpaired) electrons. The zero-order chi connectivity index (χ0) is 20.0. The molecule has 0 aliphatic carbocycles. The summed E-state index contributed by atoms with van der Waals surface area (Å²) < 4.78 is 0. The quantitative estimate of drug-likeness (QED) is 0.816. The number of likely N-dealkylation sites (N-methyl/N-ethyl adjacent to an activating group) is 2. The predicted molar refractivity (Wildman–Crippen MR) is 110 cm³/mol. The number of carbonyl (C=O) groups excluding carboxylic acids is 2. The number of hydrogen-bond acceptors (Lipinski definition) is 3. The van der Waals surface area contributed by atoms with Crippen LogP contribution in [0.25, 0.3) is 0 Å². The standard InChI is InChI=1S/C22H29N3O2/c1-16-10-9-11-17(2)22(16)23-20(26)14-24(4)15-21(27)25(5)18(3)19-12-7-6-8-13-19/h6-13,18H,14-15H2,1-5H3,(H,23,26)/t18-/m0/s1. The molecule has 0 spiro atoms. The van der Waals surface area contributed by atoms with Crippen molar-refractivity contribution < 1.29 is 9.59 Å². The van der Waals surface area contributed by atoms with Crippen molar-refractivity contribution in [3.63, 3.8) is 0 Å². The second kappa shape index (κ2) is 9.33. The highest BCUT2D eigenvalue weighted by Crippen LogP contribution is 2.20. The van der Waals surface area contributed by atoms with Gasteiger partial charge in [0.2, 0.25) is 11.8 Å². The molecule has 144 valence electrons. The molecule has 1 N–H and O–H groups in total. The summed E-state index contributed by atoms with van der Waals surface area (Å²) in [5, 5.41) is 2.95. The van der Waals surface area contributed by atoms with E-state index in [2.05, 4.69) is 5.32 Å². The van der Waals surface area contributed by atoms with E-state index in [-0.39, 0.29) is 30.9 Å². The lowest BCUT2D eigenvalue weighted by molar-refractivity contribution is -0.133. The van der Waals surface area contributed by atoms with Crippen molar-refractivity contribution in [1.29, 1.82) is 0 Å². The van der Waals surface area contributed by atoms with Crippen molar-refractivity contribution in [2.75, 3.05) is 32.5 Å².